The molecule has 0 rings (SSSR count). The Bertz CT molecular complexity index is 1150. The molecule has 0 aliphatic heterocycles. The maximum Gasteiger partial charge on any atom is 0.397 e. The van der Waals surface area contributed by atoms with Gasteiger partial charge in [0.1, 0.15) is 0 Å². The Hall–Kier alpha value is -0.610. The molecule has 16 nitrogen and oxygen atoms in total. The van der Waals surface area contributed by atoms with Crippen molar-refractivity contribution in [3.63, 3.8) is 0 Å². The molecular weight excluding hydrogens is 865 g/mol. The predicted octanol–water partition coefficient (Wildman–Crippen LogP) is 8.59. The van der Waals surface area contributed by atoms with Crippen LogP contribution in [-0.4, -0.2) is 172 Å². The van der Waals surface area contributed by atoms with Crippen molar-refractivity contribution < 1.29 is 74.0 Å². The highest BCUT2D eigenvalue weighted by molar-refractivity contribution is 7.80. The monoisotopic (exact) mass is 963 g/mol. The van der Waals surface area contributed by atoms with Crippen molar-refractivity contribution in [3.8, 4) is 0 Å². The van der Waals surface area contributed by atoms with Crippen LogP contribution in [0.2, 0.25) is 0 Å². The molecule has 0 fully saturated rings. The van der Waals surface area contributed by atoms with Gasteiger partial charge in [0.15, 0.2) is 0 Å². The van der Waals surface area contributed by atoms with Crippen LogP contribution in [0.25, 0.3) is 0 Å². The fourth-order valence-electron chi connectivity index (χ4n) is 6.00. The highest BCUT2D eigenvalue weighted by atomic mass is 32.3. The van der Waals surface area contributed by atoms with Gasteiger partial charge in [-0.2, -0.15) is 8.42 Å². The second kappa shape index (κ2) is 41.2. The lowest BCUT2D eigenvalue weighted by molar-refractivity contribution is -0.114. The van der Waals surface area contributed by atoms with Crippen molar-refractivity contribution in [1.82, 2.24) is 0 Å². The van der Waals surface area contributed by atoms with Crippen LogP contribution in [0.3, 0.4) is 0 Å². The van der Waals surface area contributed by atoms with Crippen LogP contribution in [-0.2, 0) is 71.4 Å². The Kier molecular flexibility index (Phi) is 40.8. The molecule has 392 valence electrons. The second-order valence-corrected chi connectivity index (χ2v) is 19.2. The molecule has 0 amide bonds. The van der Waals surface area contributed by atoms with Crippen molar-refractivity contribution in [2.24, 2.45) is 0 Å². The van der Waals surface area contributed by atoms with Gasteiger partial charge in [0.2, 0.25) is 0 Å². The zero-order valence-electron chi connectivity index (χ0n) is 43.2. The van der Waals surface area contributed by atoms with E-state index in [0.717, 1.165) is 13.0 Å². The molecular formula is C48H98O16S. The maximum absolute atomic E-state index is 10.8. The van der Waals surface area contributed by atoms with Gasteiger partial charge in [-0.25, -0.2) is 4.18 Å². The number of hydrogen-bond acceptors (Lipinski definition) is 15. The Labute approximate surface area is 396 Å². The average molecular weight is 963 g/mol. The Morgan fingerprint density at radius 1 is 0.308 bits per heavy atom. The molecule has 0 radical (unpaired) electrons. The van der Waals surface area contributed by atoms with Crippen molar-refractivity contribution >= 4 is 10.4 Å². The largest absolute Gasteiger partial charge is 0.397 e. The molecule has 0 aromatic heterocycles. The first-order chi connectivity index (χ1) is 30.8. The summed E-state index contributed by atoms with van der Waals surface area (Å²) < 4.78 is 105. The van der Waals surface area contributed by atoms with E-state index in [1.807, 2.05) is 69.2 Å². The fourth-order valence-corrected chi connectivity index (χ4v) is 6.47. The number of ether oxygens (including phenoxy) is 12. The van der Waals surface area contributed by atoms with Gasteiger partial charge in [-0.1, -0.05) is 64.7 Å². The van der Waals surface area contributed by atoms with Crippen LogP contribution in [0.5, 0.6) is 0 Å². The minimum atomic E-state index is -4.52. The highest BCUT2D eigenvalue weighted by Crippen LogP contribution is 2.12. The van der Waals surface area contributed by atoms with Crippen molar-refractivity contribution in [2.45, 2.75) is 227 Å². The minimum absolute atomic E-state index is 0.00981. The third kappa shape index (κ3) is 44.4. The summed E-state index contributed by atoms with van der Waals surface area (Å²) in [6, 6.07) is 0. The molecule has 0 spiro atoms. The molecule has 0 saturated carbocycles. The molecule has 65 heavy (non-hydrogen) atoms. The summed E-state index contributed by atoms with van der Waals surface area (Å²) in [6.45, 7) is 30.9. The van der Waals surface area contributed by atoms with E-state index < -0.39 is 16.5 Å². The molecule has 17 heteroatoms. The van der Waals surface area contributed by atoms with Crippen LogP contribution >= 0.6 is 0 Å². The molecule has 1 N–H and O–H groups in total. The summed E-state index contributed by atoms with van der Waals surface area (Å²) in [5.41, 5.74) is 0. The SMILES string of the molecule is CCCCCCCCCCCCOCC(C)OCC(C)OCC(C)OCC(C)OCC(C)OCC(C)OCC(C)OCC(C)OCC(C)OCC(C)OCC(C)OCC(C)OS(=O)(=O)O. The lowest BCUT2D eigenvalue weighted by atomic mass is 10.1. The summed E-state index contributed by atoms with van der Waals surface area (Å²) in [7, 11) is -4.52. The molecule has 0 aromatic carbocycles. The predicted molar refractivity (Wildman–Crippen MR) is 254 cm³/mol. The van der Waals surface area contributed by atoms with Crippen molar-refractivity contribution in [1.29, 1.82) is 0 Å². The third-order valence-electron chi connectivity index (χ3n) is 10.1. The van der Waals surface area contributed by atoms with E-state index >= 15 is 0 Å². The van der Waals surface area contributed by atoms with Gasteiger partial charge >= 0.3 is 10.4 Å². The third-order valence-corrected chi connectivity index (χ3v) is 10.6. The lowest BCUT2D eigenvalue weighted by Crippen LogP contribution is -2.31. The van der Waals surface area contributed by atoms with E-state index in [9.17, 15) is 8.42 Å². The smallest absolute Gasteiger partial charge is 0.379 e. The normalized spacial score (nSPS) is 18.1. The van der Waals surface area contributed by atoms with E-state index in [1.54, 1.807) is 6.92 Å². The molecule has 0 saturated heterocycles. The summed E-state index contributed by atoms with van der Waals surface area (Å²) in [5, 5.41) is 0. The molecule has 12 atom stereocenters. The first kappa shape index (κ1) is 64.4. The van der Waals surface area contributed by atoms with E-state index in [1.165, 1.54) is 64.7 Å². The topological polar surface area (TPSA) is 174 Å². The van der Waals surface area contributed by atoms with Gasteiger partial charge in [0, 0.05) is 6.61 Å². The maximum atomic E-state index is 10.8. The standard InChI is InChI=1S/C48H98O16S/c1-14-15-16-17-18-19-20-21-22-23-24-52-25-37(2)53-26-38(3)54-27-39(4)55-28-40(5)56-29-41(6)57-30-42(7)58-31-43(8)59-32-44(9)60-33-45(10)61-34-46(11)62-35-47(12)63-36-48(13)64-65(49,50)51/h37-48H,14-36H2,1-13H3,(H,49,50,51). The van der Waals surface area contributed by atoms with Crippen LogP contribution in [0, 0.1) is 0 Å². The summed E-state index contributed by atoms with van der Waals surface area (Å²) >= 11 is 0. The fraction of sp³-hybridized carbons (Fsp3) is 1.00. The van der Waals surface area contributed by atoms with Crippen LogP contribution < -0.4 is 0 Å². The van der Waals surface area contributed by atoms with Gasteiger partial charge < -0.3 is 56.8 Å². The summed E-state index contributed by atoms with van der Waals surface area (Å²) in [6.07, 6.45) is 11.1. The summed E-state index contributed by atoms with van der Waals surface area (Å²) in [4.78, 5) is 0. The molecule has 0 aromatic rings. The molecule has 0 bridgehead atoms. The highest BCUT2D eigenvalue weighted by Gasteiger charge is 2.18. The molecule has 0 aliphatic rings. The molecule has 12 unspecified atom stereocenters. The average Bonchev–Trinajstić information content (AvgIpc) is 3.25. The number of rotatable bonds is 48. The Morgan fingerprint density at radius 3 is 0.738 bits per heavy atom. The van der Waals surface area contributed by atoms with Gasteiger partial charge in [-0.3, -0.25) is 4.55 Å². The van der Waals surface area contributed by atoms with Crippen LogP contribution in [0.1, 0.15) is 154 Å². The van der Waals surface area contributed by atoms with E-state index in [4.69, 9.17) is 61.4 Å². The second-order valence-electron chi connectivity index (χ2n) is 18.2. The van der Waals surface area contributed by atoms with Crippen LogP contribution in [0.15, 0.2) is 0 Å². The lowest BCUT2D eigenvalue weighted by Gasteiger charge is -2.23. The summed E-state index contributed by atoms with van der Waals surface area (Å²) in [5.74, 6) is 0. The van der Waals surface area contributed by atoms with Crippen molar-refractivity contribution in [3.05, 3.63) is 0 Å². The quantitative estimate of drug-likeness (QED) is 0.0453. The van der Waals surface area contributed by atoms with Gasteiger partial charge in [0.05, 0.1) is 153 Å². The van der Waals surface area contributed by atoms with Crippen LogP contribution in [0.4, 0.5) is 0 Å². The number of hydrogen-bond donors (Lipinski definition) is 1. The minimum Gasteiger partial charge on any atom is -0.379 e. The zero-order chi connectivity index (χ0) is 48.9. The van der Waals surface area contributed by atoms with E-state index in [-0.39, 0.29) is 80.4 Å². The molecule has 0 heterocycles. The number of unbranched alkanes of at least 4 members (excludes halogenated alkanes) is 9. The van der Waals surface area contributed by atoms with E-state index in [2.05, 4.69) is 11.1 Å². The first-order valence-electron chi connectivity index (χ1n) is 24.8. The first-order valence-corrected chi connectivity index (χ1v) is 26.2. The zero-order valence-corrected chi connectivity index (χ0v) is 44.0. The van der Waals surface area contributed by atoms with Gasteiger partial charge in [-0.05, 0) is 89.5 Å². The van der Waals surface area contributed by atoms with Gasteiger partial charge in [0.25, 0.3) is 0 Å². The Morgan fingerprint density at radius 2 is 0.508 bits per heavy atom. The molecule has 0 aliphatic carbocycles. The van der Waals surface area contributed by atoms with E-state index in [0.29, 0.717) is 66.1 Å². The van der Waals surface area contributed by atoms with Gasteiger partial charge in [-0.15, -0.1) is 0 Å². The van der Waals surface area contributed by atoms with Crippen molar-refractivity contribution in [2.75, 3.05) is 85.9 Å². The Balaban J connectivity index is 3.91.